The highest BCUT2D eigenvalue weighted by Crippen LogP contribution is 2.32. The van der Waals surface area contributed by atoms with Gasteiger partial charge in [-0.3, -0.25) is 14.5 Å². The molecule has 1 aliphatic heterocycles. The van der Waals surface area contributed by atoms with E-state index in [-0.39, 0.29) is 5.56 Å². The predicted molar refractivity (Wildman–Crippen MR) is 86.7 cm³/mol. The number of alkyl halides is 3. The molecule has 25 heavy (non-hydrogen) atoms. The van der Waals surface area contributed by atoms with Gasteiger partial charge in [0.25, 0.3) is 5.91 Å². The summed E-state index contributed by atoms with van der Waals surface area (Å²) in [6.45, 7) is 0. The molecule has 0 saturated heterocycles. The average molecular weight is 346 g/mol. The van der Waals surface area contributed by atoms with E-state index < -0.39 is 29.6 Å². The Bertz CT molecular complexity index is 857. The minimum absolute atomic E-state index is 0.0318. The molecule has 1 aliphatic rings. The molecule has 1 atom stereocenters. The molecular formula is C18H13F3N2O2. The summed E-state index contributed by atoms with van der Waals surface area (Å²) in [5.74, 6) is -1.33. The molecule has 2 aromatic rings. The molecular weight excluding hydrogens is 333 g/mol. The molecule has 7 heteroatoms. The molecule has 0 aliphatic carbocycles. The van der Waals surface area contributed by atoms with Crippen LogP contribution in [0.2, 0.25) is 0 Å². The van der Waals surface area contributed by atoms with Gasteiger partial charge in [-0.05, 0) is 35.9 Å². The average Bonchev–Trinajstić information content (AvgIpc) is 2.59. The number of primary amides is 1. The number of carbonyl (C=O) groups excluding carboxylic acids is 2. The van der Waals surface area contributed by atoms with Gasteiger partial charge in [0, 0.05) is 5.56 Å². The molecule has 2 amide bonds. The SMILES string of the molecule is NC(=O)C1C=Cc2ccccc2N1C(=O)c1ccc(C(F)(F)F)cc1. The van der Waals surface area contributed by atoms with E-state index in [4.69, 9.17) is 5.73 Å². The Morgan fingerprint density at radius 3 is 2.24 bits per heavy atom. The highest BCUT2D eigenvalue weighted by atomic mass is 19.4. The molecule has 1 unspecified atom stereocenters. The van der Waals surface area contributed by atoms with Gasteiger partial charge >= 0.3 is 6.18 Å². The number of carbonyl (C=O) groups is 2. The van der Waals surface area contributed by atoms with Gasteiger partial charge in [-0.25, -0.2) is 0 Å². The summed E-state index contributed by atoms with van der Waals surface area (Å²) in [6.07, 6.45) is -1.31. The third-order valence-electron chi connectivity index (χ3n) is 3.90. The number of anilines is 1. The Morgan fingerprint density at radius 1 is 1.00 bits per heavy atom. The van der Waals surface area contributed by atoms with E-state index in [1.54, 1.807) is 30.3 Å². The number of fused-ring (bicyclic) bond motifs is 1. The number of para-hydroxylation sites is 1. The van der Waals surface area contributed by atoms with Gasteiger partial charge in [0.1, 0.15) is 6.04 Å². The highest BCUT2D eigenvalue weighted by molar-refractivity contribution is 6.12. The predicted octanol–water partition coefficient (Wildman–Crippen LogP) is 3.23. The van der Waals surface area contributed by atoms with Crippen molar-refractivity contribution in [1.29, 1.82) is 0 Å². The first-order valence-electron chi connectivity index (χ1n) is 7.36. The van der Waals surface area contributed by atoms with Crippen LogP contribution in [0.3, 0.4) is 0 Å². The lowest BCUT2D eigenvalue weighted by Gasteiger charge is -2.32. The van der Waals surface area contributed by atoms with Crippen molar-refractivity contribution in [2.45, 2.75) is 12.2 Å². The number of halogens is 3. The third-order valence-corrected chi connectivity index (χ3v) is 3.90. The zero-order valence-corrected chi connectivity index (χ0v) is 12.8. The summed E-state index contributed by atoms with van der Waals surface area (Å²) >= 11 is 0. The Kier molecular flexibility index (Phi) is 4.08. The van der Waals surface area contributed by atoms with Crippen molar-refractivity contribution < 1.29 is 22.8 Å². The number of benzene rings is 2. The van der Waals surface area contributed by atoms with Gasteiger partial charge in [-0.1, -0.05) is 30.4 Å². The molecule has 0 aromatic heterocycles. The van der Waals surface area contributed by atoms with Crippen LogP contribution in [0.15, 0.2) is 54.6 Å². The van der Waals surface area contributed by atoms with E-state index in [1.807, 2.05) is 0 Å². The lowest BCUT2D eigenvalue weighted by Crippen LogP contribution is -2.48. The maximum atomic E-state index is 12.8. The summed E-state index contributed by atoms with van der Waals surface area (Å²) in [6, 6.07) is 9.71. The zero-order valence-electron chi connectivity index (χ0n) is 12.8. The quantitative estimate of drug-likeness (QED) is 0.907. The lowest BCUT2D eigenvalue weighted by molar-refractivity contribution is -0.137. The Hall–Kier alpha value is -3.09. The maximum absolute atomic E-state index is 12.8. The van der Waals surface area contributed by atoms with Gasteiger partial charge in [-0.2, -0.15) is 13.2 Å². The van der Waals surface area contributed by atoms with Crippen LogP contribution in [0.5, 0.6) is 0 Å². The number of hydrogen-bond acceptors (Lipinski definition) is 2. The van der Waals surface area contributed by atoms with E-state index >= 15 is 0 Å². The van der Waals surface area contributed by atoms with E-state index in [2.05, 4.69) is 0 Å². The molecule has 0 bridgehead atoms. The van der Waals surface area contributed by atoms with Gasteiger partial charge in [-0.15, -0.1) is 0 Å². The van der Waals surface area contributed by atoms with Crippen molar-refractivity contribution in [3.8, 4) is 0 Å². The lowest BCUT2D eigenvalue weighted by atomic mass is 10.0. The first-order valence-corrected chi connectivity index (χ1v) is 7.36. The normalized spacial score (nSPS) is 16.4. The number of nitrogens with two attached hydrogens (primary N) is 1. The molecule has 1 heterocycles. The molecule has 2 N–H and O–H groups in total. The van der Waals surface area contributed by atoms with Gasteiger partial charge in [0.2, 0.25) is 5.91 Å². The van der Waals surface area contributed by atoms with Crippen molar-refractivity contribution in [2.24, 2.45) is 5.73 Å². The van der Waals surface area contributed by atoms with E-state index in [0.717, 1.165) is 24.3 Å². The van der Waals surface area contributed by atoms with Gasteiger partial charge in [0.15, 0.2) is 0 Å². The standard InChI is InChI=1S/C18H13F3N2O2/c19-18(20,21)13-8-5-12(6-9-13)17(25)23-14-4-2-1-3-11(14)7-10-15(23)16(22)24/h1-10,15H,(H2,22,24). The first kappa shape index (κ1) is 16.8. The first-order chi connectivity index (χ1) is 11.8. The largest absolute Gasteiger partial charge is 0.416 e. The fourth-order valence-corrected chi connectivity index (χ4v) is 2.68. The Balaban J connectivity index is 2.01. The zero-order chi connectivity index (χ0) is 18.2. The van der Waals surface area contributed by atoms with Crippen LogP contribution in [0.1, 0.15) is 21.5 Å². The number of rotatable bonds is 2. The summed E-state index contributed by atoms with van der Waals surface area (Å²) in [4.78, 5) is 25.8. The number of hydrogen-bond donors (Lipinski definition) is 1. The fourth-order valence-electron chi connectivity index (χ4n) is 2.68. The van der Waals surface area contributed by atoms with Crippen LogP contribution >= 0.6 is 0 Å². The molecule has 3 rings (SSSR count). The summed E-state index contributed by atoms with van der Waals surface area (Å²) in [5.41, 5.74) is 5.74. The van der Waals surface area contributed by atoms with Crippen LogP contribution in [-0.4, -0.2) is 17.9 Å². The van der Waals surface area contributed by atoms with Crippen LogP contribution in [0.4, 0.5) is 18.9 Å². The van der Waals surface area contributed by atoms with Crippen LogP contribution < -0.4 is 10.6 Å². The van der Waals surface area contributed by atoms with Crippen molar-refractivity contribution >= 4 is 23.6 Å². The topological polar surface area (TPSA) is 63.4 Å². The maximum Gasteiger partial charge on any atom is 0.416 e. The molecule has 2 aromatic carbocycles. The molecule has 128 valence electrons. The van der Waals surface area contributed by atoms with Gasteiger partial charge in [0.05, 0.1) is 11.3 Å². The summed E-state index contributed by atoms with van der Waals surface area (Å²) in [5, 5.41) is 0. The van der Waals surface area contributed by atoms with Crippen molar-refractivity contribution in [2.75, 3.05) is 4.90 Å². The summed E-state index contributed by atoms with van der Waals surface area (Å²) < 4.78 is 38.0. The minimum Gasteiger partial charge on any atom is -0.368 e. The summed E-state index contributed by atoms with van der Waals surface area (Å²) in [7, 11) is 0. The highest BCUT2D eigenvalue weighted by Gasteiger charge is 2.33. The van der Waals surface area contributed by atoms with Crippen molar-refractivity contribution in [1.82, 2.24) is 0 Å². The Labute approximate surface area is 141 Å². The number of amides is 2. The van der Waals surface area contributed by atoms with Crippen molar-refractivity contribution in [3.05, 3.63) is 71.3 Å². The Morgan fingerprint density at radius 2 is 1.64 bits per heavy atom. The van der Waals surface area contributed by atoms with E-state index in [1.165, 1.54) is 11.0 Å². The molecule has 0 radical (unpaired) electrons. The van der Waals surface area contributed by atoms with E-state index in [0.29, 0.717) is 11.3 Å². The van der Waals surface area contributed by atoms with Crippen LogP contribution in [0, 0.1) is 0 Å². The second-order valence-electron chi connectivity index (χ2n) is 5.52. The molecule has 0 fully saturated rings. The smallest absolute Gasteiger partial charge is 0.368 e. The van der Waals surface area contributed by atoms with Crippen molar-refractivity contribution in [3.63, 3.8) is 0 Å². The third kappa shape index (κ3) is 3.13. The van der Waals surface area contributed by atoms with Gasteiger partial charge < -0.3 is 5.73 Å². The molecule has 0 spiro atoms. The molecule has 0 saturated carbocycles. The monoisotopic (exact) mass is 346 g/mol. The fraction of sp³-hybridized carbons (Fsp3) is 0.111. The van der Waals surface area contributed by atoms with Crippen LogP contribution in [0.25, 0.3) is 6.08 Å². The number of nitrogens with zero attached hydrogens (tertiary/aromatic N) is 1. The molecule has 4 nitrogen and oxygen atoms in total. The van der Waals surface area contributed by atoms with Crippen LogP contribution in [-0.2, 0) is 11.0 Å². The minimum atomic E-state index is -4.49. The van der Waals surface area contributed by atoms with E-state index in [9.17, 15) is 22.8 Å². The second-order valence-corrected chi connectivity index (χ2v) is 5.52. The second kappa shape index (κ2) is 6.08.